The lowest BCUT2D eigenvalue weighted by Crippen LogP contribution is -2.84. The van der Waals surface area contributed by atoms with Gasteiger partial charge in [0.1, 0.15) is 0 Å². The molecule has 1 nitrogen and oxygen atoms in total. The Morgan fingerprint density at radius 2 is 1.45 bits per heavy atom. The van der Waals surface area contributed by atoms with Gasteiger partial charge in [-0.05, 0) is 32.5 Å². The molecule has 2 rings (SSSR count). The van der Waals surface area contributed by atoms with Crippen molar-refractivity contribution in [3.63, 3.8) is 0 Å². The third-order valence-corrected chi connectivity index (χ3v) is 46.6. The van der Waals surface area contributed by atoms with E-state index < -0.39 is 22.5 Å². The van der Waals surface area contributed by atoms with E-state index in [0.29, 0.717) is 5.54 Å². The summed E-state index contributed by atoms with van der Waals surface area (Å²) in [6.45, 7) is 19.9. The number of benzene rings is 1. The van der Waals surface area contributed by atoms with Crippen molar-refractivity contribution in [1.29, 1.82) is 0 Å². The van der Waals surface area contributed by atoms with Gasteiger partial charge in [-0.1, -0.05) is 62.1 Å². The van der Waals surface area contributed by atoms with Crippen molar-refractivity contribution in [3.05, 3.63) is 30.3 Å². The molecule has 0 bridgehead atoms. The van der Waals surface area contributed by atoms with Crippen LogP contribution in [0.2, 0.25) is 38.3 Å². The Morgan fingerprint density at radius 3 is 1.95 bits per heavy atom. The molecule has 0 amide bonds. The first-order valence-electron chi connectivity index (χ1n) is 7.72. The average Bonchev–Trinajstić information content (AvgIpc) is 2.35. The third-order valence-electron chi connectivity index (χ3n) is 6.60. The summed E-state index contributed by atoms with van der Waals surface area (Å²) in [6.07, 6.45) is 0. The lowest BCUT2D eigenvalue weighted by Gasteiger charge is -2.62. The molecule has 0 aromatic heterocycles. The second kappa shape index (κ2) is 4.66. The lowest BCUT2D eigenvalue weighted by atomic mass is 10.1. The first-order valence-corrected chi connectivity index (χ1v) is 18.2. The molecule has 0 aliphatic carbocycles. The summed E-state index contributed by atoms with van der Waals surface area (Å²) >= 11 is 0. The zero-order valence-electron chi connectivity index (χ0n) is 14.4. The second-order valence-corrected chi connectivity index (χ2v) is 34.2. The molecule has 1 fully saturated rings. The molecule has 0 saturated carbocycles. The Bertz CT molecular complexity index is 496. The number of hydrogen-bond acceptors (Lipinski definition) is 1. The molecular formula is C16H30OSi3. The van der Waals surface area contributed by atoms with E-state index in [1.165, 1.54) is 0 Å². The fourth-order valence-electron chi connectivity index (χ4n) is 4.13. The van der Waals surface area contributed by atoms with Crippen molar-refractivity contribution in [2.24, 2.45) is 0 Å². The Hall–Kier alpha value is -0.169. The van der Waals surface area contributed by atoms with E-state index in [1.54, 1.807) is 5.19 Å². The van der Waals surface area contributed by atoms with E-state index in [2.05, 4.69) is 83.8 Å². The molecule has 2 atom stereocenters. The van der Waals surface area contributed by atoms with Crippen LogP contribution in [0.5, 0.6) is 0 Å². The SMILES string of the molecule is CC1C(C)(C)O[Si](C)(C)[Si](C)(C)[Si]1(C)c1ccccc1. The van der Waals surface area contributed by atoms with Crippen molar-refractivity contribution in [2.75, 3.05) is 0 Å². The summed E-state index contributed by atoms with van der Waals surface area (Å²) in [6, 6.07) is 11.4. The molecule has 1 saturated heterocycles. The van der Waals surface area contributed by atoms with Gasteiger partial charge >= 0.3 is 0 Å². The standard InChI is InChI=1S/C16H30OSi3/c1-14-16(2,3)17-18(4,5)19(6,7)20(14,8)15-12-10-9-11-13-15/h9-14H,1-8H3. The van der Waals surface area contributed by atoms with Gasteiger partial charge in [0.05, 0.1) is 20.3 Å². The molecule has 1 aromatic carbocycles. The predicted molar refractivity (Wildman–Crippen MR) is 97.2 cm³/mol. The van der Waals surface area contributed by atoms with Crippen LogP contribution in [0.1, 0.15) is 20.8 Å². The van der Waals surface area contributed by atoms with Gasteiger partial charge in [0, 0.05) is 0 Å². The fraction of sp³-hybridized carbons (Fsp3) is 0.625. The molecule has 0 N–H and O–H groups in total. The maximum atomic E-state index is 6.74. The zero-order valence-corrected chi connectivity index (χ0v) is 17.4. The molecule has 1 aromatic rings. The number of hydrogen-bond donors (Lipinski definition) is 0. The summed E-state index contributed by atoms with van der Waals surface area (Å²) in [7, 11) is -4.56. The highest BCUT2D eigenvalue weighted by atomic mass is 29.6. The molecule has 4 heteroatoms. The minimum Gasteiger partial charge on any atom is -0.415 e. The van der Waals surface area contributed by atoms with Crippen molar-refractivity contribution in [1.82, 2.24) is 0 Å². The Kier molecular flexibility index (Phi) is 3.78. The summed E-state index contributed by atoms with van der Waals surface area (Å²) in [5.41, 5.74) is 0.689. The lowest BCUT2D eigenvalue weighted by molar-refractivity contribution is 0.0959. The van der Waals surface area contributed by atoms with Crippen LogP contribution in [-0.2, 0) is 4.43 Å². The summed E-state index contributed by atoms with van der Waals surface area (Å²) in [5.74, 6) is 0. The first kappa shape index (κ1) is 16.2. The maximum absolute atomic E-state index is 6.74. The molecule has 1 aliphatic heterocycles. The fourth-order valence-corrected chi connectivity index (χ4v) is 39.1. The van der Waals surface area contributed by atoms with Crippen LogP contribution in [0, 0.1) is 0 Å². The Morgan fingerprint density at radius 1 is 0.950 bits per heavy atom. The molecule has 0 radical (unpaired) electrons. The zero-order chi connectivity index (χ0) is 15.4. The van der Waals surface area contributed by atoms with E-state index >= 15 is 0 Å². The van der Waals surface area contributed by atoms with E-state index in [-0.39, 0.29) is 5.60 Å². The molecule has 2 unspecified atom stereocenters. The van der Waals surface area contributed by atoms with Crippen LogP contribution < -0.4 is 5.19 Å². The monoisotopic (exact) mass is 322 g/mol. The predicted octanol–water partition coefficient (Wildman–Crippen LogP) is 4.24. The van der Waals surface area contributed by atoms with E-state index in [0.717, 1.165) is 0 Å². The van der Waals surface area contributed by atoms with Crippen molar-refractivity contribution < 1.29 is 4.43 Å². The van der Waals surface area contributed by atoms with Gasteiger partial charge in [-0.2, -0.15) is 0 Å². The van der Waals surface area contributed by atoms with Gasteiger partial charge in [-0.25, -0.2) is 0 Å². The van der Waals surface area contributed by atoms with Crippen LogP contribution in [0.25, 0.3) is 0 Å². The van der Waals surface area contributed by atoms with Gasteiger partial charge in [-0.3, -0.25) is 0 Å². The van der Waals surface area contributed by atoms with Crippen molar-refractivity contribution in [3.8, 4) is 0 Å². The summed E-state index contributed by atoms with van der Waals surface area (Å²) in [4.78, 5) is 0. The van der Waals surface area contributed by atoms with Gasteiger partial charge in [-0.15, -0.1) is 0 Å². The van der Waals surface area contributed by atoms with Crippen molar-refractivity contribution in [2.45, 2.75) is 64.6 Å². The van der Waals surface area contributed by atoms with Gasteiger partial charge < -0.3 is 4.43 Å². The maximum Gasteiger partial charge on any atom is 0.172 e. The van der Waals surface area contributed by atoms with E-state index in [9.17, 15) is 0 Å². The Labute approximate surface area is 127 Å². The highest BCUT2D eigenvalue weighted by Crippen LogP contribution is 2.49. The topological polar surface area (TPSA) is 9.23 Å². The van der Waals surface area contributed by atoms with E-state index in [4.69, 9.17) is 4.43 Å². The quantitative estimate of drug-likeness (QED) is 0.703. The van der Waals surface area contributed by atoms with Crippen LogP contribution in [0.4, 0.5) is 0 Å². The van der Waals surface area contributed by atoms with Crippen LogP contribution in [0.3, 0.4) is 0 Å². The van der Waals surface area contributed by atoms with E-state index in [1.807, 2.05) is 0 Å². The molecule has 20 heavy (non-hydrogen) atoms. The van der Waals surface area contributed by atoms with Gasteiger partial charge in [0.15, 0.2) is 7.83 Å². The van der Waals surface area contributed by atoms with Gasteiger partial charge in [0.25, 0.3) is 0 Å². The minimum atomic E-state index is -1.61. The molecule has 1 heterocycles. The second-order valence-electron chi connectivity index (χ2n) is 8.13. The molecular weight excluding hydrogens is 292 g/mol. The van der Waals surface area contributed by atoms with Gasteiger partial charge in [0.2, 0.25) is 0 Å². The van der Waals surface area contributed by atoms with Crippen molar-refractivity contribution >= 4 is 27.7 Å². The molecule has 1 aliphatic rings. The summed E-state index contributed by atoms with van der Waals surface area (Å²) < 4.78 is 6.74. The molecule has 0 spiro atoms. The van der Waals surface area contributed by atoms with Crippen LogP contribution >= 0.6 is 0 Å². The third kappa shape index (κ3) is 2.03. The highest BCUT2D eigenvalue weighted by molar-refractivity contribution is 7.70. The smallest absolute Gasteiger partial charge is 0.172 e. The highest BCUT2D eigenvalue weighted by Gasteiger charge is 2.66. The Balaban J connectivity index is 2.69. The summed E-state index contributed by atoms with van der Waals surface area (Å²) in [5, 5.41) is 1.65. The van der Waals surface area contributed by atoms with Crippen LogP contribution in [-0.4, -0.2) is 28.1 Å². The first-order chi connectivity index (χ1) is 8.97. The molecule has 112 valence electrons. The van der Waals surface area contributed by atoms with Crippen LogP contribution in [0.15, 0.2) is 30.3 Å². The minimum absolute atomic E-state index is 0.0229. The average molecular weight is 323 g/mol. The number of rotatable bonds is 1. The normalized spacial score (nSPS) is 34.7. The largest absolute Gasteiger partial charge is 0.415 e.